The third-order valence-corrected chi connectivity index (χ3v) is 4.34. The molecule has 31 heavy (non-hydrogen) atoms. The lowest BCUT2D eigenvalue weighted by atomic mass is 9.95. The molecule has 0 unspecified atom stereocenters. The molecule has 0 spiro atoms. The normalized spacial score (nSPS) is 10.8. The summed E-state index contributed by atoms with van der Waals surface area (Å²) in [5.41, 5.74) is 3.67. The van der Waals surface area contributed by atoms with E-state index in [0.29, 0.717) is 28.8 Å². The summed E-state index contributed by atoms with van der Waals surface area (Å²) in [6, 6.07) is 17.0. The van der Waals surface area contributed by atoms with Crippen LogP contribution >= 0.6 is 0 Å². The van der Waals surface area contributed by atoms with Crippen LogP contribution in [0, 0.1) is 21.4 Å². The van der Waals surface area contributed by atoms with Crippen molar-refractivity contribution in [3.05, 3.63) is 93.5 Å². The largest absolute Gasteiger partial charge is 0.416 e. The highest BCUT2D eigenvalue weighted by molar-refractivity contribution is 6.02. The van der Waals surface area contributed by atoms with Crippen molar-refractivity contribution in [2.24, 2.45) is 0 Å². The van der Waals surface area contributed by atoms with E-state index in [2.05, 4.69) is 10.9 Å². The van der Waals surface area contributed by atoms with Gasteiger partial charge in [0.2, 0.25) is 0 Å². The number of amides is 1. The van der Waals surface area contributed by atoms with Crippen LogP contribution in [0.5, 0.6) is 0 Å². The summed E-state index contributed by atoms with van der Waals surface area (Å²) in [7, 11) is 0. The van der Waals surface area contributed by atoms with E-state index in [1.807, 2.05) is 6.07 Å². The van der Waals surface area contributed by atoms with Gasteiger partial charge < -0.3 is 0 Å². The predicted molar refractivity (Wildman–Crippen MR) is 106 cm³/mol. The van der Waals surface area contributed by atoms with Crippen LogP contribution in [-0.4, -0.2) is 10.8 Å². The Labute approximate surface area is 173 Å². The van der Waals surface area contributed by atoms with Crippen LogP contribution in [-0.2, 0) is 6.18 Å². The van der Waals surface area contributed by atoms with Crippen LogP contribution in [0.15, 0.2) is 66.7 Å². The highest BCUT2D eigenvalue weighted by atomic mass is 19.4. The highest BCUT2D eigenvalue weighted by Crippen LogP contribution is 2.35. The summed E-state index contributed by atoms with van der Waals surface area (Å²) in [5, 5.41) is 20.5. The number of hydrazine groups is 1. The van der Waals surface area contributed by atoms with Crippen molar-refractivity contribution >= 4 is 17.3 Å². The summed E-state index contributed by atoms with van der Waals surface area (Å²) < 4.78 is 38.5. The van der Waals surface area contributed by atoms with E-state index in [9.17, 15) is 33.3 Å². The molecular formula is C21H13F3N4O3. The molecule has 7 nitrogen and oxygen atoms in total. The number of nitrogens with zero attached hydrogens (tertiary/aromatic N) is 2. The molecule has 0 fully saturated rings. The van der Waals surface area contributed by atoms with Gasteiger partial charge in [0.1, 0.15) is 5.69 Å². The molecule has 0 aromatic heterocycles. The van der Waals surface area contributed by atoms with Gasteiger partial charge in [0.05, 0.1) is 22.1 Å². The monoisotopic (exact) mass is 426 g/mol. The van der Waals surface area contributed by atoms with Crippen molar-refractivity contribution in [1.29, 1.82) is 5.26 Å². The van der Waals surface area contributed by atoms with E-state index in [1.165, 1.54) is 6.07 Å². The topological polar surface area (TPSA) is 108 Å². The van der Waals surface area contributed by atoms with E-state index < -0.39 is 28.3 Å². The summed E-state index contributed by atoms with van der Waals surface area (Å²) in [5.74, 6) is -0.697. The number of hydrogen-bond acceptors (Lipinski definition) is 5. The van der Waals surface area contributed by atoms with Gasteiger partial charge in [-0.3, -0.25) is 25.8 Å². The fraction of sp³-hybridized carbons (Fsp3) is 0.0476. The number of anilines is 1. The third kappa shape index (κ3) is 4.62. The van der Waals surface area contributed by atoms with E-state index >= 15 is 0 Å². The van der Waals surface area contributed by atoms with Crippen molar-refractivity contribution < 1.29 is 22.9 Å². The van der Waals surface area contributed by atoms with Crippen molar-refractivity contribution in [2.75, 3.05) is 5.43 Å². The molecule has 0 bridgehead atoms. The molecule has 0 saturated carbocycles. The Bertz CT molecular complexity index is 1200. The van der Waals surface area contributed by atoms with Crippen molar-refractivity contribution in [3.8, 4) is 17.2 Å². The molecule has 156 valence electrons. The summed E-state index contributed by atoms with van der Waals surface area (Å²) in [6.45, 7) is 0. The number of nitriles is 1. The molecule has 2 N–H and O–H groups in total. The average molecular weight is 426 g/mol. The SMILES string of the molecule is N#Cc1ccccc1-c1ccccc1C(=O)NNc1ccc(C(F)(F)F)cc1[N+](=O)[O-]. The zero-order chi connectivity index (χ0) is 22.6. The first-order chi connectivity index (χ1) is 14.7. The Morgan fingerprint density at radius 1 is 1.00 bits per heavy atom. The Balaban J connectivity index is 1.90. The van der Waals surface area contributed by atoms with Gasteiger partial charge in [0.25, 0.3) is 11.6 Å². The van der Waals surface area contributed by atoms with Crippen LogP contribution in [0.4, 0.5) is 24.5 Å². The second-order valence-corrected chi connectivity index (χ2v) is 6.27. The van der Waals surface area contributed by atoms with Crippen LogP contribution in [0.3, 0.4) is 0 Å². The number of alkyl halides is 3. The summed E-state index contributed by atoms with van der Waals surface area (Å²) in [4.78, 5) is 22.9. The number of nitrogens with one attached hydrogen (secondary N) is 2. The Kier molecular flexibility index (Phi) is 5.88. The lowest BCUT2D eigenvalue weighted by molar-refractivity contribution is -0.384. The fourth-order valence-electron chi connectivity index (χ4n) is 2.89. The number of rotatable bonds is 5. The van der Waals surface area contributed by atoms with Gasteiger partial charge in [-0.25, -0.2) is 0 Å². The van der Waals surface area contributed by atoms with Crippen molar-refractivity contribution in [1.82, 2.24) is 5.43 Å². The molecule has 0 heterocycles. The van der Waals surface area contributed by atoms with Crippen LogP contribution in [0.2, 0.25) is 0 Å². The molecule has 10 heteroatoms. The van der Waals surface area contributed by atoms with Gasteiger partial charge in [0, 0.05) is 17.2 Å². The lowest BCUT2D eigenvalue weighted by Crippen LogP contribution is -2.30. The number of halogens is 3. The Morgan fingerprint density at radius 3 is 2.29 bits per heavy atom. The molecule has 3 aromatic rings. The Hall–Kier alpha value is -4.39. The average Bonchev–Trinajstić information content (AvgIpc) is 2.76. The maximum atomic E-state index is 12.8. The lowest BCUT2D eigenvalue weighted by Gasteiger charge is -2.14. The summed E-state index contributed by atoms with van der Waals surface area (Å²) >= 11 is 0. The standard InChI is InChI=1S/C21H13F3N4O3/c22-21(23,24)14-9-10-18(19(11-14)28(30)31)26-27-20(29)17-8-4-3-7-16(17)15-6-2-1-5-13(15)12-25/h1-11,26H,(H,27,29). The second-order valence-electron chi connectivity index (χ2n) is 6.27. The van der Waals surface area contributed by atoms with Crippen molar-refractivity contribution in [2.45, 2.75) is 6.18 Å². The minimum atomic E-state index is -4.75. The van der Waals surface area contributed by atoms with Gasteiger partial charge in [-0.15, -0.1) is 0 Å². The fourth-order valence-corrected chi connectivity index (χ4v) is 2.89. The minimum absolute atomic E-state index is 0.160. The predicted octanol–water partition coefficient (Wildman–Crippen LogP) is 4.91. The zero-order valence-electron chi connectivity index (χ0n) is 15.6. The number of carbonyl (C=O) groups is 1. The maximum Gasteiger partial charge on any atom is 0.416 e. The number of benzene rings is 3. The zero-order valence-corrected chi connectivity index (χ0v) is 15.6. The quantitative estimate of drug-likeness (QED) is 0.445. The first-order valence-electron chi connectivity index (χ1n) is 8.73. The molecule has 3 rings (SSSR count). The summed E-state index contributed by atoms with van der Waals surface area (Å²) in [6.07, 6.45) is -4.75. The maximum absolute atomic E-state index is 12.8. The van der Waals surface area contributed by atoms with E-state index in [-0.39, 0.29) is 11.3 Å². The van der Waals surface area contributed by atoms with Gasteiger partial charge >= 0.3 is 6.18 Å². The number of hydrogen-bond donors (Lipinski definition) is 2. The van der Waals surface area contributed by atoms with E-state index in [0.717, 1.165) is 6.07 Å². The van der Waals surface area contributed by atoms with Crippen molar-refractivity contribution in [3.63, 3.8) is 0 Å². The first-order valence-corrected chi connectivity index (χ1v) is 8.73. The van der Waals surface area contributed by atoms with E-state index in [4.69, 9.17) is 0 Å². The third-order valence-electron chi connectivity index (χ3n) is 4.34. The number of nitro benzene ring substituents is 1. The molecule has 1 amide bonds. The van der Waals surface area contributed by atoms with Gasteiger partial charge in [-0.05, 0) is 29.8 Å². The van der Waals surface area contributed by atoms with Crippen LogP contribution < -0.4 is 10.9 Å². The van der Waals surface area contributed by atoms with Gasteiger partial charge in [-0.1, -0.05) is 36.4 Å². The van der Waals surface area contributed by atoms with Gasteiger partial charge in [-0.2, -0.15) is 18.4 Å². The number of carbonyl (C=O) groups excluding carboxylic acids is 1. The Morgan fingerprint density at radius 2 is 1.65 bits per heavy atom. The molecule has 0 aliphatic rings. The number of nitro groups is 1. The molecule has 0 aliphatic heterocycles. The second kappa shape index (κ2) is 8.54. The highest BCUT2D eigenvalue weighted by Gasteiger charge is 2.33. The van der Waals surface area contributed by atoms with E-state index in [1.54, 1.807) is 42.5 Å². The van der Waals surface area contributed by atoms with Crippen LogP contribution in [0.1, 0.15) is 21.5 Å². The molecule has 0 radical (unpaired) electrons. The first kappa shape index (κ1) is 21.3. The molecule has 0 atom stereocenters. The van der Waals surface area contributed by atoms with Gasteiger partial charge in [0.15, 0.2) is 0 Å². The smallest absolute Gasteiger partial charge is 0.292 e. The molecular weight excluding hydrogens is 413 g/mol. The minimum Gasteiger partial charge on any atom is -0.292 e. The molecule has 0 saturated heterocycles. The molecule has 3 aromatic carbocycles. The molecule has 0 aliphatic carbocycles. The van der Waals surface area contributed by atoms with Crippen LogP contribution in [0.25, 0.3) is 11.1 Å².